The Bertz CT molecular complexity index is 373. The molecule has 1 heteroatoms. The first-order valence-electron chi connectivity index (χ1n) is 5.41. The molecule has 2 atom stereocenters. The van der Waals surface area contributed by atoms with E-state index in [-0.39, 0.29) is 0 Å². The molecule has 0 amide bonds. The fourth-order valence-electron chi connectivity index (χ4n) is 2.09. The van der Waals surface area contributed by atoms with Gasteiger partial charge in [0.1, 0.15) is 0 Å². The Morgan fingerprint density at radius 2 is 1.73 bits per heavy atom. The van der Waals surface area contributed by atoms with Gasteiger partial charge in [-0.3, -0.25) is 0 Å². The summed E-state index contributed by atoms with van der Waals surface area (Å²) in [5.74, 6) is 1.20. The Labute approximate surface area is 99.8 Å². The van der Waals surface area contributed by atoms with E-state index >= 15 is 0 Å². The summed E-state index contributed by atoms with van der Waals surface area (Å²) in [5.41, 5.74) is 1.41. The Balaban J connectivity index is 2.26. The largest absolute Gasteiger partial charge is 0.0805 e. The maximum atomic E-state index is 3.47. The van der Waals surface area contributed by atoms with Crippen LogP contribution in [0.1, 0.15) is 24.8 Å². The standard InChI is InChI=1S/C14H15Br/c1-2-11-5-3-4-6-14(11)12-7-9-13(15)10-8-12/h3-11,14H,2H2,1H3. The first-order valence-corrected chi connectivity index (χ1v) is 6.21. The highest BCUT2D eigenvalue weighted by atomic mass is 79.9. The third-order valence-corrected chi connectivity index (χ3v) is 3.50. The highest BCUT2D eigenvalue weighted by molar-refractivity contribution is 9.10. The second kappa shape index (κ2) is 4.80. The van der Waals surface area contributed by atoms with Crippen molar-refractivity contribution in [3.05, 3.63) is 58.6 Å². The van der Waals surface area contributed by atoms with Crippen LogP contribution < -0.4 is 0 Å². The van der Waals surface area contributed by atoms with Gasteiger partial charge in [0.15, 0.2) is 0 Å². The predicted molar refractivity (Wildman–Crippen MR) is 68.9 cm³/mol. The van der Waals surface area contributed by atoms with Crippen LogP contribution in [0.15, 0.2) is 53.0 Å². The van der Waals surface area contributed by atoms with Crippen LogP contribution in [0.2, 0.25) is 0 Å². The predicted octanol–water partition coefficient (Wildman–Crippen LogP) is 4.68. The molecule has 0 nitrogen and oxygen atoms in total. The summed E-state index contributed by atoms with van der Waals surface area (Å²) in [4.78, 5) is 0. The summed E-state index contributed by atoms with van der Waals surface area (Å²) in [6.45, 7) is 2.25. The molecule has 1 aromatic rings. The molecule has 0 radical (unpaired) electrons. The van der Waals surface area contributed by atoms with E-state index < -0.39 is 0 Å². The van der Waals surface area contributed by atoms with Gasteiger partial charge in [-0.1, -0.05) is 59.3 Å². The van der Waals surface area contributed by atoms with Crippen molar-refractivity contribution >= 4 is 15.9 Å². The van der Waals surface area contributed by atoms with Crippen molar-refractivity contribution in [3.8, 4) is 0 Å². The first-order chi connectivity index (χ1) is 7.31. The van der Waals surface area contributed by atoms with E-state index in [0.717, 1.165) is 4.47 Å². The molecule has 1 aliphatic rings. The van der Waals surface area contributed by atoms with Crippen LogP contribution in [-0.2, 0) is 0 Å². The highest BCUT2D eigenvalue weighted by Crippen LogP contribution is 2.32. The van der Waals surface area contributed by atoms with Crippen molar-refractivity contribution in [3.63, 3.8) is 0 Å². The van der Waals surface area contributed by atoms with E-state index in [1.165, 1.54) is 12.0 Å². The van der Waals surface area contributed by atoms with Crippen LogP contribution in [-0.4, -0.2) is 0 Å². The summed E-state index contributed by atoms with van der Waals surface area (Å²) in [7, 11) is 0. The topological polar surface area (TPSA) is 0 Å². The molecule has 0 fully saturated rings. The second-order valence-corrected chi connectivity index (χ2v) is 4.83. The molecule has 0 spiro atoms. The van der Waals surface area contributed by atoms with Crippen LogP contribution >= 0.6 is 15.9 Å². The van der Waals surface area contributed by atoms with Crippen molar-refractivity contribution in [2.75, 3.05) is 0 Å². The van der Waals surface area contributed by atoms with Crippen molar-refractivity contribution in [1.82, 2.24) is 0 Å². The molecule has 0 saturated heterocycles. The summed E-state index contributed by atoms with van der Waals surface area (Å²) < 4.78 is 1.15. The van der Waals surface area contributed by atoms with Crippen molar-refractivity contribution < 1.29 is 0 Å². The van der Waals surface area contributed by atoms with Crippen LogP contribution in [0.4, 0.5) is 0 Å². The van der Waals surface area contributed by atoms with Gasteiger partial charge in [0, 0.05) is 10.4 Å². The van der Waals surface area contributed by atoms with E-state index in [1.807, 2.05) is 0 Å². The highest BCUT2D eigenvalue weighted by Gasteiger charge is 2.18. The summed E-state index contributed by atoms with van der Waals surface area (Å²) >= 11 is 3.47. The maximum absolute atomic E-state index is 3.47. The lowest BCUT2D eigenvalue weighted by atomic mass is 9.82. The molecule has 0 bridgehead atoms. The van der Waals surface area contributed by atoms with Gasteiger partial charge in [0.25, 0.3) is 0 Å². The molecule has 1 aromatic carbocycles. The lowest BCUT2D eigenvalue weighted by molar-refractivity contribution is 0.559. The van der Waals surface area contributed by atoms with Crippen molar-refractivity contribution in [2.24, 2.45) is 5.92 Å². The normalized spacial score (nSPS) is 24.4. The van der Waals surface area contributed by atoms with Crippen molar-refractivity contribution in [1.29, 1.82) is 0 Å². The summed E-state index contributed by atoms with van der Waals surface area (Å²) in [6.07, 6.45) is 10.1. The number of benzene rings is 1. The molecule has 78 valence electrons. The SMILES string of the molecule is CCC1C=CC=CC1c1ccc(Br)cc1. The summed E-state index contributed by atoms with van der Waals surface area (Å²) in [5, 5.41) is 0. The van der Waals surface area contributed by atoms with Crippen LogP contribution in [0.5, 0.6) is 0 Å². The molecule has 0 aromatic heterocycles. The Morgan fingerprint density at radius 3 is 2.40 bits per heavy atom. The van der Waals surface area contributed by atoms with Crippen LogP contribution in [0.25, 0.3) is 0 Å². The molecule has 15 heavy (non-hydrogen) atoms. The van der Waals surface area contributed by atoms with Crippen molar-refractivity contribution in [2.45, 2.75) is 19.3 Å². The molecule has 1 aliphatic carbocycles. The van der Waals surface area contributed by atoms with Gasteiger partial charge in [0.05, 0.1) is 0 Å². The van der Waals surface area contributed by atoms with E-state index in [2.05, 4.69) is 71.4 Å². The van der Waals surface area contributed by atoms with E-state index in [9.17, 15) is 0 Å². The fraction of sp³-hybridized carbons (Fsp3) is 0.286. The minimum absolute atomic E-state index is 0.549. The monoisotopic (exact) mass is 262 g/mol. The molecule has 2 rings (SSSR count). The zero-order chi connectivity index (χ0) is 10.7. The number of hydrogen-bond donors (Lipinski definition) is 0. The number of rotatable bonds is 2. The third kappa shape index (κ3) is 2.40. The second-order valence-electron chi connectivity index (χ2n) is 3.92. The lowest BCUT2D eigenvalue weighted by Gasteiger charge is -2.23. The average molecular weight is 263 g/mol. The Kier molecular flexibility index (Phi) is 3.42. The molecular weight excluding hydrogens is 248 g/mol. The number of halogens is 1. The van der Waals surface area contributed by atoms with Crippen LogP contribution in [0, 0.1) is 5.92 Å². The molecule has 0 heterocycles. The van der Waals surface area contributed by atoms with Crippen LogP contribution in [0.3, 0.4) is 0 Å². The third-order valence-electron chi connectivity index (χ3n) is 2.98. The van der Waals surface area contributed by atoms with E-state index in [0.29, 0.717) is 11.8 Å². The lowest BCUT2D eigenvalue weighted by Crippen LogP contribution is -2.09. The molecule has 0 aliphatic heterocycles. The number of hydrogen-bond acceptors (Lipinski definition) is 0. The van der Waals surface area contributed by atoms with Gasteiger partial charge in [-0.2, -0.15) is 0 Å². The van der Waals surface area contributed by atoms with Gasteiger partial charge in [-0.25, -0.2) is 0 Å². The minimum Gasteiger partial charge on any atom is -0.0805 e. The summed E-state index contributed by atoms with van der Waals surface area (Å²) in [6, 6.07) is 8.66. The van der Waals surface area contributed by atoms with Gasteiger partial charge in [-0.15, -0.1) is 0 Å². The van der Waals surface area contributed by atoms with Gasteiger partial charge in [-0.05, 0) is 30.0 Å². The number of allylic oxidation sites excluding steroid dienone is 4. The van der Waals surface area contributed by atoms with Gasteiger partial charge in [0.2, 0.25) is 0 Å². The molecule has 2 unspecified atom stereocenters. The zero-order valence-corrected chi connectivity index (χ0v) is 10.4. The van der Waals surface area contributed by atoms with E-state index in [4.69, 9.17) is 0 Å². The minimum atomic E-state index is 0.549. The fourth-order valence-corrected chi connectivity index (χ4v) is 2.35. The first kappa shape index (κ1) is 10.7. The maximum Gasteiger partial charge on any atom is 0.0175 e. The molecule has 0 N–H and O–H groups in total. The Hall–Kier alpha value is -0.820. The molecule has 0 saturated carbocycles. The zero-order valence-electron chi connectivity index (χ0n) is 8.86. The van der Waals surface area contributed by atoms with Gasteiger partial charge < -0.3 is 0 Å². The molecular formula is C14H15Br. The quantitative estimate of drug-likeness (QED) is 0.726. The average Bonchev–Trinajstić information content (AvgIpc) is 2.30. The van der Waals surface area contributed by atoms with E-state index in [1.54, 1.807) is 0 Å². The Morgan fingerprint density at radius 1 is 1.07 bits per heavy atom. The smallest absolute Gasteiger partial charge is 0.0175 e. The van der Waals surface area contributed by atoms with Gasteiger partial charge >= 0.3 is 0 Å².